The summed E-state index contributed by atoms with van der Waals surface area (Å²) in [5.41, 5.74) is -0.886. The van der Waals surface area contributed by atoms with Crippen LogP contribution in [0.1, 0.15) is 31.2 Å². The highest BCUT2D eigenvalue weighted by molar-refractivity contribution is 7.89. The van der Waals surface area contributed by atoms with Gasteiger partial charge in [-0.25, -0.2) is 8.42 Å². The number of carbonyl (C=O) groups is 1. The van der Waals surface area contributed by atoms with E-state index in [0.717, 1.165) is 31.7 Å². The molecule has 1 saturated heterocycles. The number of carbonyl (C=O) groups excluding carboxylic acids is 1. The number of halogens is 3. The van der Waals surface area contributed by atoms with Gasteiger partial charge in [-0.1, -0.05) is 31.0 Å². The molecule has 0 unspecified atom stereocenters. The zero-order chi connectivity index (χ0) is 22.5. The van der Waals surface area contributed by atoms with Crippen LogP contribution in [0.3, 0.4) is 0 Å². The number of anilines is 2. The Morgan fingerprint density at radius 3 is 2.32 bits per heavy atom. The SMILES string of the molecule is O=C(CNc1cccc(S(=O)(=O)N2CCCCCC2)c1)Nc1ccccc1C(F)(F)F. The predicted molar refractivity (Wildman–Crippen MR) is 112 cm³/mol. The Hall–Kier alpha value is -2.59. The minimum atomic E-state index is -4.59. The van der Waals surface area contributed by atoms with Crippen molar-refractivity contribution in [1.29, 1.82) is 0 Å². The van der Waals surface area contributed by atoms with Crippen LogP contribution in [-0.4, -0.2) is 38.3 Å². The molecule has 0 aromatic heterocycles. The summed E-state index contributed by atoms with van der Waals surface area (Å²) in [6.45, 7) is 0.626. The molecule has 1 fully saturated rings. The lowest BCUT2D eigenvalue weighted by atomic mass is 10.1. The lowest BCUT2D eigenvalue weighted by Gasteiger charge is -2.20. The van der Waals surface area contributed by atoms with Crippen molar-refractivity contribution in [2.24, 2.45) is 0 Å². The van der Waals surface area contributed by atoms with Gasteiger partial charge >= 0.3 is 6.18 Å². The van der Waals surface area contributed by atoms with Crippen molar-refractivity contribution in [3.8, 4) is 0 Å². The molecule has 0 aliphatic carbocycles. The molecule has 1 amide bonds. The van der Waals surface area contributed by atoms with Gasteiger partial charge in [0.25, 0.3) is 0 Å². The van der Waals surface area contributed by atoms with Crippen LogP contribution in [0.15, 0.2) is 53.4 Å². The molecule has 0 atom stereocenters. The van der Waals surface area contributed by atoms with Crippen LogP contribution in [0, 0.1) is 0 Å². The van der Waals surface area contributed by atoms with E-state index in [2.05, 4.69) is 10.6 Å². The molecular formula is C21H24F3N3O3S. The zero-order valence-electron chi connectivity index (χ0n) is 16.8. The summed E-state index contributed by atoms with van der Waals surface area (Å²) in [5, 5.41) is 5.02. The summed E-state index contributed by atoms with van der Waals surface area (Å²) >= 11 is 0. The van der Waals surface area contributed by atoms with Crippen LogP contribution in [0.25, 0.3) is 0 Å². The molecular weight excluding hydrogens is 431 g/mol. The van der Waals surface area contributed by atoms with Crippen LogP contribution in [0.2, 0.25) is 0 Å². The van der Waals surface area contributed by atoms with Crippen LogP contribution in [-0.2, 0) is 21.0 Å². The fourth-order valence-corrected chi connectivity index (χ4v) is 4.98. The second kappa shape index (κ2) is 9.69. The molecule has 1 aliphatic heterocycles. The van der Waals surface area contributed by atoms with Crippen LogP contribution in [0.4, 0.5) is 24.5 Å². The van der Waals surface area contributed by atoms with E-state index in [-0.39, 0.29) is 17.1 Å². The van der Waals surface area contributed by atoms with Gasteiger partial charge in [0.1, 0.15) is 0 Å². The summed E-state index contributed by atoms with van der Waals surface area (Å²) < 4.78 is 66.5. The van der Waals surface area contributed by atoms with Crippen LogP contribution >= 0.6 is 0 Å². The van der Waals surface area contributed by atoms with Crippen molar-refractivity contribution in [2.75, 3.05) is 30.3 Å². The fraction of sp³-hybridized carbons (Fsp3) is 0.381. The first-order valence-corrected chi connectivity index (χ1v) is 11.4. The summed E-state index contributed by atoms with van der Waals surface area (Å²) in [6.07, 6.45) is -0.957. The highest BCUT2D eigenvalue weighted by Gasteiger charge is 2.33. The van der Waals surface area contributed by atoms with Gasteiger partial charge < -0.3 is 10.6 Å². The number of nitrogens with one attached hydrogen (secondary N) is 2. The monoisotopic (exact) mass is 455 g/mol. The standard InChI is InChI=1S/C21H24F3N3O3S/c22-21(23,24)18-10-3-4-11-19(18)26-20(28)15-25-16-8-7-9-17(14-16)31(29,30)27-12-5-1-2-6-13-27/h3-4,7-11,14,25H,1-2,5-6,12-13,15H2,(H,26,28). The van der Waals surface area contributed by atoms with Crippen molar-refractivity contribution >= 4 is 27.3 Å². The molecule has 10 heteroatoms. The van der Waals surface area contributed by atoms with E-state index in [1.165, 1.54) is 34.6 Å². The quantitative estimate of drug-likeness (QED) is 0.680. The third-order valence-corrected chi connectivity index (χ3v) is 6.89. The number of hydrogen-bond donors (Lipinski definition) is 2. The first-order chi connectivity index (χ1) is 14.7. The highest BCUT2D eigenvalue weighted by atomic mass is 32.2. The molecule has 6 nitrogen and oxygen atoms in total. The predicted octanol–water partition coefficient (Wildman–Crippen LogP) is 4.32. The smallest absolute Gasteiger partial charge is 0.376 e. The Morgan fingerprint density at radius 1 is 0.968 bits per heavy atom. The third-order valence-electron chi connectivity index (χ3n) is 5.00. The summed E-state index contributed by atoms with van der Waals surface area (Å²) in [7, 11) is -3.65. The van der Waals surface area contributed by atoms with Gasteiger partial charge in [-0.05, 0) is 43.2 Å². The first kappa shape index (κ1) is 23.1. The van der Waals surface area contributed by atoms with Gasteiger partial charge in [-0.2, -0.15) is 17.5 Å². The van der Waals surface area contributed by atoms with E-state index in [9.17, 15) is 26.4 Å². The van der Waals surface area contributed by atoms with E-state index in [1.54, 1.807) is 12.1 Å². The van der Waals surface area contributed by atoms with Crippen molar-refractivity contribution in [3.05, 3.63) is 54.1 Å². The fourth-order valence-electron chi connectivity index (χ4n) is 3.41. The normalized spacial score (nSPS) is 15.8. The zero-order valence-corrected chi connectivity index (χ0v) is 17.6. The number of hydrogen-bond acceptors (Lipinski definition) is 4. The van der Waals surface area contributed by atoms with Crippen LogP contribution in [0.5, 0.6) is 0 Å². The second-order valence-electron chi connectivity index (χ2n) is 7.29. The number of benzene rings is 2. The molecule has 2 N–H and O–H groups in total. The average molecular weight is 456 g/mol. The van der Waals surface area contributed by atoms with Crippen molar-refractivity contribution in [3.63, 3.8) is 0 Å². The Bertz CT molecular complexity index is 1020. The topological polar surface area (TPSA) is 78.5 Å². The number of nitrogens with zero attached hydrogens (tertiary/aromatic N) is 1. The molecule has 2 aromatic rings. The van der Waals surface area contributed by atoms with Gasteiger partial charge in [0.15, 0.2) is 0 Å². The lowest BCUT2D eigenvalue weighted by Crippen LogP contribution is -2.32. The van der Waals surface area contributed by atoms with Crippen molar-refractivity contribution in [2.45, 2.75) is 36.8 Å². The summed E-state index contributed by atoms with van der Waals surface area (Å²) in [4.78, 5) is 12.3. The maximum absolute atomic E-state index is 13.1. The van der Waals surface area contributed by atoms with Gasteiger partial charge in [0, 0.05) is 18.8 Å². The molecule has 0 spiro atoms. The first-order valence-electron chi connectivity index (χ1n) is 9.98. The van der Waals surface area contributed by atoms with E-state index in [1.807, 2.05) is 0 Å². The third kappa shape index (κ3) is 5.98. The van der Waals surface area contributed by atoms with E-state index in [0.29, 0.717) is 18.8 Å². The van der Waals surface area contributed by atoms with Crippen LogP contribution < -0.4 is 10.6 Å². The maximum atomic E-state index is 13.1. The van der Waals surface area contributed by atoms with E-state index < -0.39 is 27.7 Å². The van der Waals surface area contributed by atoms with Crippen molar-refractivity contribution in [1.82, 2.24) is 4.31 Å². The van der Waals surface area contributed by atoms with E-state index >= 15 is 0 Å². The molecule has 2 aromatic carbocycles. The number of sulfonamides is 1. The Morgan fingerprint density at radius 2 is 1.65 bits per heavy atom. The maximum Gasteiger partial charge on any atom is 0.418 e. The summed E-state index contributed by atoms with van der Waals surface area (Å²) in [5.74, 6) is -0.683. The van der Waals surface area contributed by atoms with Gasteiger partial charge in [-0.3, -0.25) is 4.79 Å². The minimum Gasteiger partial charge on any atom is -0.376 e. The number of rotatable bonds is 6. The highest BCUT2D eigenvalue weighted by Crippen LogP contribution is 2.34. The van der Waals surface area contributed by atoms with E-state index in [4.69, 9.17) is 0 Å². The number of para-hydroxylation sites is 1. The molecule has 31 heavy (non-hydrogen) atoms. The molecule has 168 valence electrons. The number of amides is 1. The Kier molecular flexibility index (Phi) is 7.22. The molecule has 3 rings (SSSR count). The Labute approximate surface area is 179 Å². The molecule has 1 heterocycles. The average Bonchev–Trinajstić information content (AvgIpc) is 3.02. The van der Waals surface area contributed by atoms with Gasteiger partial charge in [0.05, 0.1) is 22.7 Å². The largest absolute Gasteiger partial charge is 0.418 e. The van der Waals surface area contributed by atoms with Gasteiger partial charge in [0.2, 0.25) is 15.9 Å². The summed E-state index contributed by atoms with van der Waals surface area (Å²) in [6, 6.07) is 10.8. The molecule has 0 saturated carbocycles. The van der Waals surface area contributed by atoms with Crippen molar-refractivity contribution < 1.29 is 26.4 Å². The number of alkyl halides is 3. The van der Waals surface area contributed by atoms with Gasteiger partial charge in [-0.15, -0.1) is 0 Å². The molecule has 0 bridgehead atoms. The molecule has 0 radical (unpaired) electrons. The second-order valence-corrected chi connectivity index (χ2v) is 9.23. The molecule has 1 aliphatic rings. The lowest BCUT2D eigenvalue weighted by molar-refractivity contribution is -0.137. The minimum absolute atomic E-state index is 0.113. The Balaban J connectivity index is 1.66.